The van der Waals surface area contributed by atoms with Gasteiger partial charge in [-0.15, -0.1) is 0 Å². The van der Waals surface area contributed by atoms with E-state index in [4.69, 9.17) is 0 Å². The zero-order chi connectivity index (χ0) is 20.0. The van der Waals surface area contributed by atoms with Gasteiger partial charge in [-0.25, -0.2) is 0 Å². The standard InChI is InChI=1S/C25H50O2.H3N/c1-4-5-6-7-8-9-10-11-12-13-14-15-16-17-18-19-21-24(2)22-20-23-25(26)27-3;/h24H,4-23H2,1-3H3;1H3. The smallest absolute Gasteiger partial charge is 0.305 e. The quantitative estimate of drug-likeness (QED) is 0.155. The lowest BCUT2D eigenvalue weighted by Crippen LogP contribution is -2.02. The fourth-order valence-corrected chi connectivity index (χ4v) is 3.88. The van der Waals surface area contributed by atoms with E-state index in [-0.39, 0.29) is 12.1 Å². The summed E-state index contributed by atoms with van der Waals surface area (Å²) in [4.78, 5) is 11.1. The first-order chi connectivity index (χ1) is 13.2. The average molecular weight is 400 g/mol. The third-order valence-electron chi connectivity index (χ3n) is 5.86. The Labute approximate surface area is 177 Å². The number of unbranched alkanes of at least 4 members (excludes halogenated alkanes) is 15. The van der Waals surface area contributed by atoms with E-state index in [9.17, 15) is 4.79 Å². The average Bonchev–Trinajstić information content (AvgIpc) is 2.67. The molecule has 0 bridgehead atoms. The molecule has 0 spiro atoms. The summed E-state index contributed by atoms with van der Waals surface area (Å²) in [5, 5.41) is 0. The fraction of sp³-hybridized carbons (Fsp3) is 0.960. The maximum absolute atomic E-state index is 11.1. The third kappa shape index (κ3) is 23.5. The lowest BCUT2D eigenvalue weighted by atomic mass is 9.96. The lowest BCUT2D eigenvalue weighted by molar-refractivity contribution is -0.140. The summed E-state index contributed by atoms with van der Waals surface area (Å²) in [7, 11) is 1.47. The fourth-order valence-electron chi connectivity index (χ4n) is 3.88. The minimum Gasteiger partial charge on any atom is -0.469 e. The molecule has 0 aliphatic rings. The summed E-state index contributed by atoms with van der Waals surface area (Å²) in [6, 6.07) is 0. The summed E-state index contributed by atoms with van der Waals surface area (Å²) in [6.45, 7) is 4.61. The minimum atomic E-state index is -0.0652. The van der Waals surface area contributed by atoms with Crippen LogP contribution in [0, 0.1) is 5.92 Å². The molecule has 1 atom stereocenters. The number of hydrogen-bond donors (Lipinski definition) is 1. The van der Waals surface area contributed by atoms with Crippen molar-refractivity contribution in [3.05, 3.63) is 0 Å². The molecule has 0 saturated heterocycles. The second-order valence-electron chi connectivity index (χ2n) is 8.67. The van der Waals surface area contributed by atoms with Crippen LogP contribution in [0.5, 0.6) is 0 Å². The van der Waals surface area contributed by atoms with Gasteiger partial charge in [-0.05, 0) is 12.3 Å². The Bertz CT molecular complexity index is 307. The van der Waals surface area contributed by atoms with Gasteiger partial charge in [-0.3, -0.25) is 4.79 Å². The number of carbonyl (C=O) groups excluding carboxylic acids is 1. The molecule has 0 heterocycles. The van der Waals surface area contributed by atoms with Crippen molar-refractivity contribution in [1.29, 1.82) is 0 Å². The summed E-state index contributed by atoms with van der Waals surface area (Å²) < 4.78 is 4.69. The molecule has 28 heavy (non-hydrogen) atoms. The summed E-state index contributed by atoms with van der Waals surface area (Å²) in [5.41, 5.74) is 0. The zero-order valence-corrected chi connectivity index (χ0v) is 19.7. The van der Waals surface area contributed by atoms with E-state index in [0.717, 1.165) is 18.8 Å². The molecular formula is C25H53NO2. The lowest BCUT2D eigenvalue weighted by Gasteiger charge is -2.10. The molecule has 0 saturated carbocycles. The van der Waals surface area contributed by atoms with E-state index in [0.29, 0.717) is 6.42 Å². The van der Waals surface area contributed by atoms with Crippen LogP contribution < -0.4 is 6.15 Å². The van der Waals surface area contributed by atoms with Gasteiger partial charge in [-0.1, -0.05) is 129 Å². The van der Waals surface area contributed by atoms with Gasteiger partial charge < -0.3 is 10.9 Å². The van der Waals surface area contributed by atoms with Crippen molar-refractivity contribution in [2.24, 2.45) is 5.92 Å². The van der Waals surface area contributed by atoms with E-state index in [1.807, 2.05) is 0 Å². The number of esters is 1. The predicted octanol–water partition coefficient (Wildman–Crippen LogP) is 8.78. The monoisotopic (exact) mass is 399 g/mol. The molecule has 3 N–H and O–H groups in total. The molecule has 0 aromatic carbocycles. The Kier molecular flexibility index (Phi) is 25.9. The highest BCUT2D eigenvalue weighted by atomic mass is 16.5. The van der Waals surface area contributed by atoms with Crippen molar-refractivity contribution in [1.82, 2.24) is 6.15 Å². The van der Waals surface area contributed by atoms with Crippen molar-refractivity contribution in [2.75, 3.05) is 7.11 Å². The first-order valence-electron chi connectivity index (χ1n) is 12.3. The highest BCUT2D eigenvalue weighted by molar-refractivity contribution is 5.68. The van der Waals surface area contributed by atoms with Gasteiger partial charge in [0.15, 0.2) is 0 Å². The molecule has 170 valence electrons. The number of rotatable bonds is 21. The van der Waals surface area contributed by atoms with Crippen LogP contribution in [-0.2, 0) is 9.53 Å². The molecule has 0 rings (SSSR count). The number of ether oxygens (including phenoxy) is 1. The molecular weight excluding hydrogens is 346 g/mol. The van der Waals surface area contributed by atoms with Crippen LogP contribution in [0.4, 0.5) is 0 Å². The Hall–Kier alpha value is -0.570. The van der Waals surface area contributed by atoms with E-state index < -0.39 is 0 Å². The molecule has 3 nitrogen and oxygen atoms in total. The number of hydrogen-bond acceptors (Lipinski definition) is 3. The SMILES string of the molecule is CCCCCCCCCCCCCCCCCCC(C)CCCC(=O)OC.N. The first-order valence-corrected chi connectivity index (χ1v) is 12.3. The largest absolute Gasteiger partial charge is 0.469 e. The maximum atomic E-state index is 11.1. The van der Waals surface area contributed by atoms with Crippen molar-refractivity contribution in [3.63, 3.8) is 0 Å². The Morgan fingerprint density at radius 3 is 1.39 bits per heavy atom. The topological polar surface area (TPSA) is 61.3 Å². The first kappa shape index (κ1) is 29.6. The van der Waals surface area contributed by atoms with Crippen LogP contribution in [-0.4, -0.2) is 13.1 Å². The third-order valence-corrected chi connectivity index (χ3v) is 5.86. The van der Waals surface area contributed by atoms with Crippen LogP contribution in [0.25, 0.3) is 0 Å². The molecule has 0 aliphatic heterocycles. The highest BCUT2D eigenvalue weighted by Crippen LogP contribution is 2.18. The van der Waals surface area contributed by atoms with Gasteiger partial charge in [0.25, 0.3) is 0 Å². The van der Waals surface area contributed by atoms with Crippen LogP contribution in [0.1, 0.15) is 142 Å². The minimum absolute atomic E-state index is 0. The Morgan fingerprint density at radius 2 is 1.00 bits per heavy atom. The Balaban J connectivity index is 0. The van der Waals surface area contributed by atoms with Gasteiger partial charge in [0.2, 0.25) is 0 Å². The van der Waals surface area contributed by atoms with Gasteiger partial charge >= 0.3 is 5.97 Å². The number of methoxy groups -OCH3 is 1. The zero-order valence-electron chi connectivity index (χ0n) is 19.7. The van der Waals surface area contributed by atoms with Crippen molar-refractivity contribution < 1.29 is 9.53 Å². The van der Waals surface area contributed by atoms with Gasteiger partial charge in [-0.2, -0.15) is 0 Å². The van der Waals surface area contributed by atoms with Crippen molar-refractivity contribution in [2.45, 2.75) is 142 Å². The summed E-state index contributed by atoms with van der Waals surface area (Å²) in [5.74, 6) is 0.686. The molecule has 0 radical (unpaired) electrons. The van der Waals surface area contributed by atoms with Crippen molar-refractivity contribution in [3.8, 4) is 0 Å². The normalized spacial score (nSPS) is 11.8. The van der Waals surface area contributed by atoms with Crippen LogP contribution >= 0.6 is 0 Å². The van der Waals surface area contributed by atoms with Gasteiger partial charge in [0, 0.05) is 6.42 Å². The molecule has 0 aromatic rings. The highest BCUT2D eigenvalue weighted by Gasteiger charge is 2.05. The van der Waals surface area contributed by atoms with Crippen molar-refractivity contribution >= 4 is 5.97 Å². The van der Waals surface area contributed by atoms with Crippen LogP contribution in [0.3, 0.4) is 0 Å². The summed E-state index contributed by atoms with van der Waals surface area (Å²) in [6.07, 6.45) is 27.0. The van der Waals surface area contributed by atoms with E-state index >= 15 is 0 Å². The van der Waals surface area contributed by atoms with Gasteiger partial charge in [0.05, 0.1) is 7.11 Å². The molecule has 0 amide bonds. The van der Waals surface area contributed by atoms with E-state index in [2.05, 4.69) is 18.6 Å². The predicted molar refractivity (Wildman–Crippen MR) is 124 cm³/mol. The van der Waals surface area contributed by atoms with Crippen LogP contribution in [0.15, 0.2) is 0 Å². The number of carbonyl (C=O) groups is 1. The van der Waals surface area contributed by atoms with Crippen LogP contribution in [0.2, 0.25) is 0 Å². The molecule has 0 aliphatic carbocycles. The molecule has 0 fully saturated rings. The summed E-state index contributed by atoms with van der Waals surface area (Å²) >= 11 is 0. The molecule has 3 heteroatoms. The molecule has 0 aromatic heterocycles. The Morgan fingerprint density at radius 1 is 0.643 bits per heavy atom. The molecule has 1 unspecified atom stereocenters. The maximum Gasteiger partial charge on any atom is 0.305 e. The van der Waals surface area contributed by atoms with Gasteiger partial charge in [0.1, 0.15) is 0 Å². The second-order valence-corrected chi connectivity index (χ2v) is 8.67. The van der Waals surface area contributed by atoms with E-state index in [1.165, 1.54) is 116 Å². The second kappa shape index (κ2) is 24.5. The van der Waals surface area contributed by atoms with E-state index in [1.54, 1.807) is 0 Å².